The Bertz CT molecular complexity index is 1110. The highest BCUT2D eigenvalue weighted by Crippen LogP contribution is 2.26. The third-order valence-electron chi connectivity index (χ3n) is 6.54. The molecule has 1 aromatic heterocycles. The second-order valence-corrected chi connectivity index (χ2v) is 10.7. The number of rotatable bonds is 6. The summed E-state index contributed by atoms with van der Waals surface area (Å²) in [4.78, 5) is 18.4. The normalized spacial score (nSPS) is 19.5. The second kappa shape index (κ2) is 10.7. The number of benzene rings is 1. The summed E-state index contributed by atoms with van der Waals surface area (Å²) in [5.74, 6) is 0.433. The predicted molar refractivity (Wildman–Crippen MR) is 127 cm³/mol. The Morgan fingerprint density at radius 1 is 1.00 bits per heavy atom. The first-order valence-electron chi connectivity index (χ1n) is 12.0. The summed E-state index contributed by atoms with van der Waals surface area (Å²) < 4.78 is 34.7. The molecule has 1 saturated heterocycles. The van der Waals surface area contributed by atoms with Crippen molar-refractivity contribution in [2.45, 2.75) is 62.8 Å². The van der Waals surface area contributed by atoms with Crippen LogP contribution in [-0.4, -0.2) is 48.9 Å². The monoisotopic (exact) mass is 471 g/mol. The third-order valence-corrected chi connectivity index (χ3v) is 8.45. The van der Waals surface area contributed by atoms with Gasteiger partial charge in [-0.05, 0) is 69.0 Å². The largest absolute Gasteiger partial charge is 0.494 e. The minimum atomic E-state index is -3.59. The Labute approximate surface area is 196 Å². The molecule has 1 aliphatic carbocycles. The number of piperidine rings is 1. The molecule has 33 heavy (non-hydrogen) atoms. The average Bonchev–Trinajstić information content (AvgIpc) is 2.85. The van der Waals surface area contributed by atoms with E-state index in [-0.39, 0.29) is 22.8 Å². The van der Waals surface area contributed by atoms with Gasteiger partial charge in [-0.2, -0.15) is 4.31 Å². The van der Waals surface area contributed by atoms with Crippen LogP contribution in [0.25, 0.3) is 0 Å². The molecule has 7 nitrogen and oxygen atoms in total. The van der Waals surface area contributed by atoms with Gasteiger partial charge in [0, 0.05) is 25.2 Å². The quantitative estimate of drug-likeness (QED) is 0.641. The van der Waals surface area contributed by atoms with Gasteiger partial charge in [-0.3, -0.25) is 14.4 Å². The molecule has 1 saturated carbocycles. The molecular formula is C25H33N3O4S. The van der Waals surface area contributed by atoms with Gasteiger partial charge >= 0.3 is 0 Å². The fraction of sp³-hybridized carbons (Fsp3) is 0.520. The third kappa shape index (κ3) is 5.55. The van der Waals surface area contributed by atoms with E-state index < -0.39 is 10.0 Å². The van der Waals surface area contributed by atoms with Crippen LogP contribution in [-0.2, 0) is 10.0 Å². The summed E-state index contributed by atoms with van der Waals surface area (Å²) in [6, 6.07) is 12.5. The molecular weight excluding hydrogens is 438 g/mol. The summed E-state index contributed by atoms with van der Waals surface area (Å²) >= 11 is 0. The number of pyridine rings is 1. The van der Waals surface area contributed by atoms with E-state index in [1.165, 1.54) is 23.6 Å². The summed E-state index contributed by atoms with van der Waals surface area (Å²) in [6.45, 7) is 3.07. The van der Waals surface area contributed by atoms with Crippen LogP contribution >= 0.6 is 0 Å². The zero-order chi connectivity index (χ0) is 23.3. The van der Waals surface area contributed by atoms with Crippen LogP contribution in [0.3, 0.4) is 0 Å². The maximum Gasteiger partial charge on any atom is 0.243 e. The molecule has 0 spiro atoms. The van der Waals surface area contributed by atoms with Gasteiger partial charge < -0.3 is 4.74 Å². The molecule has 1 aliphatic heterocycles. The van der Waals surface area contributed by atoms with Crippen molar-refractivity contribution in [3.8, 4) is 5.75 Å². The Kier molecular flexibility index (Phi) is 7.65. The van der Waals surface area contributed by atoms with Crippen molar-refractivity contribution in [3.05, 3.63) is 54.1 Å². The van der Waals surface area contributed by atoms with Gasteiger partial charge in [0.25, 0.3) is 0 Å². The lowest BCUT2D eigenvalue weighted by atomic mass is 9.96. The highest BCUT2D eigenvalue weighted by Gasteiger charge is 2.32. The van der Waals surface area contributed by atoms with Crippen LogP contribution in [0.15, 0.2) is 58.5 Å². The summed E-state index contributed by atoms with van der Waals surface area (Å²) in [7, 11) is -3.59. The Morgan fingerprint density at radius 3 is 2.36 bits per heavy atom. The highest BCUT2D eigenvalue weighted by molar-refractivity contribution is 7.89. The lowest BCUT2D eigenvalue weighted by Crippen LogP contribution is -2.42. The van der Waals surface area contributed by atoms with E-state index in [1.54, 1.807) is 35.0 Å². The minimum Gasteiger partial charge on any atom is -0.494 e. The molecule has 2 aliphatic rings. The van der Waals surface area contributed by atoms with E-state index in [0.29, 0.717) is 43.8 Å². The maximum atomic E-state index is 13.3. The van der Waals surface area contributed by atoms with Crippen LogP contribution in [0.4, 0.5) is 0 Å². The fourth-order valence-electron chi connectivity index (χ4n) is 4.69. The van der Waals surface area contributed by atoms with Crippen LogP contribution in [0.1, 0.15) is 56.7 Å². The number of hydrogen-bond acceptors (Lipinski definition) is 5. The van der Waals surface area contributed by atoms with Gasteiger partial charge in [-0.15, -0.1) is 0 Å². The Morgan fingerprint density at radius 2 is 1.70 bits per heavy atom. The zero-order valence-electron chi connectivity index (χ0n) is 19.2. The number of hydrogen-bond donors (Lipinski definition) is 0. The van der Waals surface area contributed by atoms with Gasteiger partial charge in [0.05, 0.1) is 17.5 Å². The first kappa shape index (κ1) is 23.7. The van der Waals surface area contributed by atoms with Crippen LogP contribution < -0.4 is 10.2 Å². The zero-order valence-corrected chi connectivity index (χ0v) is 20.0. The molecule has 2 fully saturated rings. The van der Waals surface area contributed by atoms with Gasteiger partial charge in [0.2, 0.25) is 15.9 Å². The van der Waals surface area contributed by atoms with Crippen LogP contribution in [0.2, 0.25) is 0 Å². The molecule has 2 heterocycles. The first-order chi connectivity index (χ1) is 16.0. The summed E-state index contributed by atoms with van der Waals surface area (Å²) in [6.07, 6.45) is 8.58. The molecule has 178 valence electrons. The van der Waals surface area contributed by atoms with Crippen LogP contribution in [0.5, 0.6) is 5.75 Å². The smallest absolute Gasteiger partial charge is 0.243 e. The number of carbonyl (C=O) groups is 1. The number of aromatic nitrogens is 1. The lowest BCUT2D eigenvalue weighted by Gasteiger charge is -2.30. The standard InChI is InChI=1S/C25H33N3O4S/c1-2-32-22-11-13-23(14-12-22)33(30,31)27-18-15-20(16-19-27)25(29)28-17-7-6-10-24(28)26-21-8-4-3-5-9-21/h6-7,10-14,17,20-21H,2-5,8-9,15-16,18-19H2,1H3. The van der Waals surface area contributed by atoms with Crippen molar-refractivity contribution in [1.29, 1.82) is 0 Å². The molecule has 0 radical (unpaired) electrons. The summed E-state index contributed by atoms with van der Waals surface area (Å²) in [5, 5.41) is 0. The van der Waals surface area contributed by atoms with E-state index in [9.17, 15) is 13.2 Å². The lowest BCUT2D eigenvalue weighted by molar-refractivity contribution is 0.0780. The molecule has 0 N–H and O–H groups in total. The van der Waals surface area contributed by atoms with Crippen molar-refractivity contribution in [2.24, 2.45) is 10.9 Å². The van der Waals surface area contributed by atoms with E-state index >= 15 is 0 Å². The van der Waals surface area contributed by atoms with E-state index in [0.717, 1.165) is 12.8 Å². The van der Waals surface area contributed by atoms with Crippen molar-refractivity contribution < 1.29 is 17.9 Å². The van der Waals surface area contributed by atoms with E-state index in [1.807, 2.05) is 25.1 Å². The molecule has 1 aromatic carbocycles. The molecule has 0 bridgehead atoms. The molecule has 2 aromatic rings. The number of carbonyl (C=O) groups excluding carboxylic acids is 1. The second-order valence-electron chi connectivity index (χ2n) is 8.77. The Balaban J connectivity index is 1.44. The number of sulfonamides is 1. The van der Waals surface area contributed by atoms with Gasteiger partial charge in [-0.25, -0.2) is 8.42 Å². The minimum absolute atomic E-state index is 0.00303. The van der Waals surface area contributed by atoms with Gasteiger partial charge in [0.15, 0.2) is 0 Å². The SMILES string of the molecule is CCOc1ccc(S(=O)(=O)N2CCC(C(=O)n3ccccc3=NC3CCCCC3)CC2)cc1. The molecule has 0 unspecified atom stereocenters. The molecule has 0 atom stereocenters. The number of nitrogens with zero attached hydrogens (tertiary/aromatic N) is 3. The van der Waals surface area contributed by atoms with Crippen molar-refractivity contribution in [2.75, 3.05) is 19.7 Å². The molecule has 0 amide bonds. The van der Waals surface area contributed by atoms with E-state index in [2.05, 4.69) is 0 Å². The number of ether oxygens (including phenoxy) is 1. The predicted octanol–water partition coefficient (Wildman–Crippen LogP) is 3.86. The van der Waals surface area contributed by atoms with Crippen molar-refractivity contribution in [3.63, 3.8) is 0 Å². The summed E-state index contributed by atoms with van der Waals surface area (Å²) in [5.41, 5.74) is 0.707. The molecule has 4 rings (SSSR count). The van der Waals surface area contributed by atoms with Crippen LogP contribution in [0, 0.1) is 5.92 Å². The topological polar surface area (TPSA) is 81.0 Å². The van der Waals surface area contributed by atoms with Gasteiger partial charge in [-0.1, -0.05) is 25.3 Å². The molecule has 8 heteroatoms. The highest BCUT2D eigenvalue weighted by atomic mass is 32.2. The Hall–Kier alpha value is -2.45. The van der Waals surface area contributed by atoms with Gasteiger partial charge in [0.1, 0.15) is 11.2 Å². The first-order valence-corrected chi connectivity index (χ1v) is 13.4. The fourth-order valence-corrected chi connectivity index (χ4v) is 6.16. The van der Waals surface area contributed by atoms with Crippen molar-refractivity contribution >= 4 is 15.9 Å². The van der Waals surface area contributed by atoms with Crippen molar-refractivity contribution in [1.82, 2.24) is 8.87 Å². The average molecular weight is 472 g/mol. The van der Waals surface area contributed by atoms with E-state index in [4.69, 9.17) is 9.73 Å². The maximum absolute atomic E-state index is 13.3.